The van der Waals surface area contributed by atoms with Gasteiger partial charge in [-0.2, -0.15) is 5.10 Å². The number of nitrogens with zero attached hydrogens (tertiary/aromatic N) is 1. The Morgan fingerprint density at radius 3 is 1.86 bits per heavy atom. The summed E-state index contributed by atoms with van der Waals surface area (Å²) in [5, 5.41) is 17.0. The smallest absolute Gasteiger partial charge is 0.152 e. The summed E-state index contributed by atoms with van der Waals surface area (Å²) in [6, 6.07) is 62.4. The molecule has 1 unspecified atom stereocenters. The number of benzene rings is 9. The van der Waals surface area contributed by atoms with Crippen LogP contribution in [0.5, 0.6) is 0 Å². The maximum absolute atomic E-state index is 6.82. The Balaban J connectivity index is 0.994. The number of amidine groups is 1. The highest BCUT2D eigenvalue weighted by molar-refractivity contribution is 7.26. The minimum absolute atomic E-state index is 0.446. The molecule has 0 radical (unpaired) electrons. The number of fused-ring (bicyclic) bond motifs is 12. The molecule has 266 valence electrons. The number of thiophene rings is 1. The first-order chi connectivity index (χ1) is 27.5. The topological polar surface area (TPSA) is 63.5 Å². The molecule has 11 aromatic rings. The summed E-state index contributed by atoms with van der Waals surface area (Å²) in [6.07, 6.45) is 0. The van der Waals surface area contributed by atoms with Crippen LogP contribution in [0.4, 0.5) is 0 Å². The lowest BCUT2D eigenvalue weighted by atomic mass is 9.84. The van der Waals surface area contributed by atoms with Crippen LogP contribution in [0.3, 0.4) is 0 Å². The Labute approximate surface area is 327 Å². The van der Waals surface area contributed by atoms with Gasteiger partial charge in [0, 0.05) is 36.5 Å². The summed E-state index contributed by atoms with van der Waals surface area (Å²) in [6.45, 7) is 2.16. The maximum Gasteiger partial charge on any atom is 0.152 e. The second kappa shape index (κ2) is 12.6. The van der Waals surface area contributed by atoms with Crippen LogP contribution in [0.25, 0.3) is 85.6 Å². The first-order valence-electron chi connectivity index (χ1n) is 18.9. The molecule has 0 aliphatic heterocycles. The minimum Gasteiger partial charge on any atom is -0.456 e. The van der Waals surface area contributed by atoms with E-state index in [1.807, 2.05) is 6.07 Å². The molecule has 0 fully saturated rings. The molecule has 11 rings (SSSR count). The van der Waals surface area contributed by atoms with Crippen LogP contribution in [0.15, 0.2) is 185 Å². The standard InChI is InChI=1S/C51H35N3OS/c1-51(33-12-3-2-4-13-33,54-53-50(52)43-20-11-19-42-41-18-9-10-21-48(41)56-49(42)43)34-24-27-46-45(30-34)40-26-23-32(29-47(40)55-46)31-22-25-39-37-16-6-5-14-35(37)36-15-7-8-17-38(36)44(39)28-31/h2-30,54H,1H3,(H2,52,53). The van der Waals surface area contributed by atoms with E-state index in [1.54, 1.807) is 11.3 Å². The average molecular weight is 738 g/mol. The van der Waals surface area contributed by atoms with E-state index in [2.05, 4.69) is 182 Å². The van der Waals surface area contributed by atoms with E-state index in [-0.39, 0.29) is 0 Å². The van der Waals surface area contributed by atoms with E-state index in [9.17, 15) is 0 Å². The fourth-order valence-corrected chi connectivity index (χ4v) is 9.83. The molecule has 0 bridgehead atoms. The molecular weight excluding hydrogens is 703 g/mol. The molecule has 1 atom stereocenters. The molecule has 5 heteroatoms. The van der Waals surface area contributed by atoms with Crippen molar-refractivity contribution in [3.05, 3.63) is 193 Å². The zero-order chi connectivity index (χ0) is 37.4. The molecule has 4 nitrogen and oxygen atoms in total. The number of hydrogen-bond acceptors (Lipinski definition) is 4. The van der Waals surface area contributed by atoms with Crippen LogP contribution in [0.1, 0.15) is 23.6 Å². The predicted octanol–water partition coefficient (Wildman–Crippen LogP) is 13.3. The Hall–Kier alpha value is -6.95. The third-order valence-electron chi connectivity index (χ3n) is 11.6. The number of furan rings is 1. The predicted molar refractivity (Wildman–Crippen MR) is 238 cm³/mol. The van der Waals surface area contributed by atoms with E-state index in [0.717, 1.165) is 54.5 Å². The summed E-state index contributed by atoms with van der Waals surface area (Å²) >= 11 is 1.75. The van der Waals surface area contributed by atoms with E-state index < -0.39 is 5.54 Å². The van der Waals surface area contributed by atoms with Crippen molar-refractivity contribution in [2.75, 3.05) is 0 Å². The highest BCUT2D eigenvalue weighted by Crippen LogP contribution is 2.40. The quantitative estimate of drug-likeness (QED) is 0.0773. The Kier molecular flexibility index (Phi) is 7.28. The van der Waals surface area contributed by atoms with E-state index in [1.165, 1.54) is 47.8 Å². The zero-order valence-corrected chi connectivity index (χ0v) is 31.4. The van der Waals surface area contributed by atoms with Crippen molar-refractivity contribution in [2.24, 2.45) is 10.8 Å². The molecule has 3 N–H and O–H groups in total. The Bertz CT molecular complexity index is 3340. The molecule has 2 heterocycles. The zero-order valence-electron chi connectivity index (χ0n) is 30.6. The minimum atomic E-state index is -0.699. The molecule has 0 aliphatic carbocycles. The fourth-order valence-electron chi connectivity index (χ4n) is 8.60. The van der Waals surface area contributed by atoms with Gasteiger partial charge in [-0.15, -0.1) is 11.3 Å². The lowest BCUT2D eigenvalue weighted by Crippen LogP contribution is -2.39. The largest absolute Gasteiger partial charge is 0.456 e. The van der Waals surface area contributed by atoms with Crippen molar-refractivity contribution < 1.29 is 4.42 Å². The number of hydrogen-bond donors (Lipinski definition) is 2. The number of nitrogens with two attached hydrogens (primary N) is 1. The van der Waals surface area contributed by atoms with Gasteiger partial charge in [0.05, 0.1) is 0 Å². The molecule has 2 aromatic heterocycles. The van der Waals surface area contributed by atoms with Crippen molar-refractivity contribution in [2.45, 2.75) is 12.5 Å². The van der Waals surface area contributed by atoms with Crippen LogP contribution < -0.4 is 11.2 Å². The molecule has 0 saturated heterocycles. The molecule has 0 saturated carbocycles. The number of nitrogens with one attached hydrogen (secondary N) is 1. The van der Waals surface area contributed by atoms with Gasteiger partial charge in [-0.25, -0.2) is 0 Å². The molecule has 0 spiro atoms. The summed E-state index contributed by atoms with van der Waals surface area (Å²) < 4.78 is 8.93. The summed E-state index contributed by atoms with van der Waals surface area (Å²) in [5.74, 6) is 0.446. The molecule has 56 heavy (non-hydrogen) atoms. The summed E-state index contributed by atoms with van der Waals surface area (Å²) in [5.41, 5.74) is 16.7. The van der Waals surface area contributed by atoms with Crippen LogP contribution in [0, 0.1) is 0 Å². The first-order valence-corrected chi connectivity index (χ1v) is 19.7. The van der Waals surface area contributed by atoms with E-state index in [4.69, 9.17) is 15.3 Å². The van der Waals surface area contributed by atoms with Crippen LogP contribution in [0.2, 0.25) is 0 Å². The summed E-state index contributed by atoms with van der Waals surface area (Å²) in [4.78, 5) is 0. The fraction of sp³-hybridized carbons (Fsp3) is 0.0392. The Morgan fingerprint density at radius 2 is 1.11 bits per heavy atom. The van der Waals surface area contributed by atoms with Crippen LogP contribution in [-0.2, 0) is 5.54 Å². The molecule has 0 aliphatic rings. The third kappa shape index (κ3) is 5.02. The molecule has 9 aromatic carbocycles. The van der Waals surface area contributed by atoms with Gasteiger partial charge in [0.1, 0.15) is 16.7 Å². The van der Waals surface area contributed by atoms with Gasteiger partial charge in [0.15, 0.2) is 5.84 Å². The van der Waals surface area contributed by atoms with Gasteiger partial charge in [0.25, 0.3) is 0 Å². The number of hydrazone groups is 1. The second-order valence-electron chi connectivity index (χ2n) is 14.8. The van der Waals surface area contributed by atoms with Crippen molar-refractivity contribution in [3.8, 4) is 11.1 Å². The highest BCUT2D eigenvalue weighted by Gasteiger charge is 2.30. The van der Waals surface area contributed by atoms with Gasteiger partial charge in [-0.3, -0.25) is 5.43 Å². The van der Waals surface area contributed by atoms with E-state index >= 15 is 0 Å². The first kappa shape index (κ1) is 32.5. The number of rotatable bonds is 6. The maximum atomic E-state index is 6.82. The lowest BCUT2D eigenvalue weighted by molar-refractivity contribution is 0.454. The third-order valence-corrected chi connectivity index (χ3v) is 12.8. The van der Waals surface area contributed by atoms with E-state index in [0.29, 0.717) is 5.84 Å². The van der Waals surface area contributed by atoms with Crippen molar-refractivity contribution >= 4 is 91.6 Å². The van der Waals surface area contributed by atoms with Gasteiger partial charge in [-0.05, 0) is 104 Å². The van der Waals surface area contributed by atoms with Gasteiger partial charge in [-0.1, -0.05) is 133 Å². The second-order valence-corrected chi connectivity index (χ2v) is 15.8. The van der Waals surface area contributed by atoms with Crippen molar-refractivity contribution in [3.63, 3.8) is 0 Å². The Morgan fingerprint density at radius 1 is 0.500 bits per heavy atom. The normalized spacial score (nSPS) is 13.4. The monoisotopic (exact) mass is 737 g/mol. The summed E-state index contributed by atoms with van der Waals surface area (Å²) in [7, 11) is 0. The lowest BCUT2D eigenvalue weighted by Gasteiger charge is -2.31. The van der Waals surface area contributed by atoms with Gasteiger partial charge < -0.3 is 10.2 Å². The van der Waals surface area contributed by atoms with Crippen molar-refractivity contribution in [1.82, 2.24) is 5.43 Å². The molecule has 0 amide bonds. The average Bonchev–Trinajstić information content (AvgIpc) is 3.83. The van der Waals surface area contributed by atoms with Crippen LogP contribution >= 0.6 is 11.3 Å². The van der Waals surface area contributed by atoms with Gasteiger partial charge >= 0.3 is 0 Å². The highest BCUT2D eigenvalue weighted by atomic mass is 32.1. The van der Waals surface area contributed by atoms with Gasteiger partial charge in [0.2, 0.25) is 0 Å². The van der Waals surface area contributed by atoms with Crippen LogP contribution in [-0.4, -0.2) is 5.84 Å². The SMILES string of the molecule is CC(NN=C(N)c1cccc2c1sc1ccccc12)(c1ccccc1)c1ccc2oc3cc(-c4ccc5c6ccccc6c6ccccc6c5c4)ccc3c2c1. The van der Waals surface area contributed by atoms with Crippen molar-refractivity contribution in [1.29, 1.82) is 0 Å². The molecular formula is C51H35N3OS.